The Labute approximate surface area is 90.7 Å². The Morgan fingerprint density at radius 3 is 2.67 bits per heavy atom. The maximum atomic E-state index is 11.0. The van der Waals surface area contributed by atoms with Crippen LogP contribution in [0, 0.1) is 20.2 Å². The van der Waals surface area contributed by atoms with E-state index in [-0.39, 0.29) is 0 Å². The number of aryl methyl sites for hydroxylation is 1. The first-order valence-corrected chi connectivity index (χ1v) is 5.15. The summed E-state index contributed by atoms with van der Waals surface area (Å²) in [5.74, 6) is 0. The largest absolute Gasteiger partial charge is 0.323 e. The third-order valence-corrected chi connectivity index (χ3v) is 2.59. The molecular weight excluding hydrogens is 190 g/mol. The van der Waals surface area contributed by atoms with Gasteiger partial charge in [-0.1, -0.05) is 6.92 Å². The number of hydrogen-bond acceptors (Lipinski definition) is 3. The third-order valence-electron chi connectivity index (χ3n) is 2.59. The first-order valence-electron chi connectivity index (χ1n) is 5.15. The van der Waals surface area contributed by atoms with Crippen LogP contribution in [0.25, 0.3) is 0 Å². The van der Waals surface area contributed by atoms with Gasteiger partial charge in [-0.2, -0.15) is 0 Å². The number of hydrogen-bond donors (Lipinski definition) is 1. The number of nitrogens with one attached hydrogen (secondary N) is 1. The number of nitrogens with zero attached hydrogens (tertiary/aromatic N) is 2. The van der Waals surface area contributed by atoms with Crippen LogP contribution in [0.4, 0.5) is 0 Å². The zero-order valence-corrected chi connectivity index (χ0v) is 9.79. The van der Waals surface area contributed by atoms with Gasteiger partial charge in [0.15, 0.2) is 6.33 Å². The first-order chi connectivity index (χ1) is 7.02. The van der Waals surface area contributed by atoms with E-state index >= 15 is 0 Å². The number of aromatic nitrogens is 2. The minimum atomic E-state index is -0.539. The maximum absolute atomic E-state index is 11.0. The molecule has 0 saturated carbocycles. The monoisotopic (exact) mass is 208 g/mol. The second-order valence-corrected chi connectivity index (χ2v) is 4.03. The van der Waals surface area contributed by atoms with Gasteiger partial charge < -0.3 is 14.7 Å². The Hall–Kier alpha value is -1.16. The van der Waals surface area contributed by atoms with Crippen LogP contribution in [0.1, 0.15) is 25.2 Å². The first kappa shape index (κ1) is 11.9. The number of aldehydes is 1. The molecule has 0 fully saturated rings. The summed E-state index contributed by atoms with van der Waals surface area (Å²) in [4.78, 5) is 15.1. The summed E-state index contributed by atoms with van der Waals surface area (Å²) in [6.45, 7) is 9.12. The van der Waals surface area contributed by atoms with Crippen molar-refractivity contribution in [3.05, 3.63) is 17.7 Å². The molecule has 1 rings (SSSR count). The molecule has 0 aliphatic carbocycles. The van der Waals surface area contributed by atoms with Gasteiger partial charge in [-0.15, -0.1) is 0 Å². The lowest BCUT2D eigenvalue weighted by Gasteiger charge is -2.24. The van der Waals surface area contributed by atoms with Crippen LogP contribution >= 0.6 is 0 Å². The Balaban J connectivity index is 2.83. The topological polar surface area (TPSA) is 46.9 Å². The maximum Gasteiger partial charge on any atom is 0.176 e. The van der Waals surface area contributed by atoms with Gasteiger partial charge in [0.2, 0.25) is 0 Å². The van der Waals surface area contributed by atoms with Crippen LogP contribution in [-0.4, -0.2) is 27.9 Å². The van der Waals surface area contributed by atoms with Gasteiger partial charge in [0, 0.05) is 12.2 Å². The van der Waals surface area contributed by atoms with Gasteiger partial charge >= 0.3 is 0 Å². The van der Waals surface area contributed by atoms with E-state index in [0.717, 1.165) is 24.2 Å². The summed E-state index contributed by atoms with van der Waals surface area (Å²) < 4.78 is 1.88. The highest BCUT2D eigenvalue weighted by atomic mass is 16.1. The van der Waals surface area contributed by atoms with E-state index in [0.29, 0.717) is 6.54 Å². The van der Waals surface area contributed by atoms with Gasteiger partial charge in [0.05, 0.1) is 11.2 Å². The lowest BCUT2D eigenvalue weighted by atomic mass is 10.0. The van der Waals surface area contributed by atoms with Crippen LogP contribution in [0.3, 0.4) is 0 Å². The lowest BCUT2D eigenvalue weighted by Crippen LogP contribution is -2.47. The molecule has 4 nitrogen and oxygen atoms in total. The smallest absolute Gasteiger partial charge is 0.176 e. The van der Waals surface area contributed by atoms with E-state index in [9.17, 15) is 4.79 Å². The number of imidazole rings is 1. The molecule has 0 aliphatic heterocycles. The molecule has 0 aliphatic rings. The van der Waals surface area contributed by atoms with Crippen molar-refractivity contribution in [2.75, 3.05) is 6.54 Å². The summed E-state index contributed by atoms with van der Waals surface area (Å²) in [7, 11) is 0. The van der Waals surface area contributed by atoms with E-state index in [1.165, 1.54) is 0 Å². The van der Waals surface area contributed by atoms with E-state index < -0.39 is 5.54 Å². The molecule has 1 aromatic heterocycles. The van der Waals surface area contributed by atoms with Crippen molar-refractivity contribution in [2.45, 2.75) is 39.8 Å². The minimum absolute atomic E-state index is 0.539. The fourth-order valence-corrected chi connectivity index (χ4v) is 1.51. The average Bonchev–Trinajstić information content (AvgIpc) is 2.50. The molecule has 1 unspecified atom stereocenters. The molecule has 1 radical (unpaired) electrons. The van der Waals surface area contributed by atoms with Crippen LogP contribution in [0.15, 0.2) is 0 Å². The molecule has 15 heavy (non-hydrogen) atoms. The Morgan fingerprint density at radius 2 is 2.27 bits per heavy atom. The number of carbonyl (C=O) groups excluding carboxylic acids is 1. The summed E-state index contributed by atoms with van der Waals surface area (Å²) in [6, 6.07) is 0. The molecule has 0 amide bonds. The van der Waals surface area contributed by atoms with Gasteiger partial charge in [-0.25, -0.2) is 4.98 Å². The van der Waals surface area contributed by atoms with Crippen molar-refractivity contribution in [1.82, 2.24) is 14.9 Å². The molecular formula is C11H18N3O. The van der Waals surface area contributed by atoms with Crippen LogP contribution < -0.4 is 5.32 Å². The van der Waals surface area contributed by atoms with E-state index in [1.54, 1.807) is 0 Å². The molecule has 4 heteroatoms. The highest BCUT2D eigenvalue weighted by Gasteiger charge is 2.23. The molecule has 1 aromatic rings. The van der Waals surface area contributed by atoms with Crippen molar-refractivity contribution >= 4 is 6.29 Å². The summed E-state index contributed by atoms with van der Waals surface area (Å²) >= 11 is 0. The number of likely N-dealkylation sites (N-methyl/N-ethyl adjacent to an activating group) is 1. The summed E-state index contributed by atoms with van der Waals surface area (Å²) in [5.41, 5.74) is 1.48. The number of carbonyl (C=O) groups is 1. The van der Waals surface area contributed by atoms with E-state index in [1.807, 2.05) is 32.3 Å². The fraction of sp³-hybridized carbons (Fsp3) is 0.636. The molecule has 1 heterocycles. The van der Waals surface area contributed by atoms with Crippen molar-refractivity contribution < 1.29 is 4.79 Å². The molecule has 0 saturated heterocycles. The van der Waals surface area contributed by atoms with Crippen molar-refractivity contribution in [3.8, 4) is 0 Å². The lowest BCUT2D eigenvalue weighted by molar-refractivity contribution is -0.113. The second-order valence-electron chi connectivity index (χ2n) is 4.03. The van der Waals surface area contributed by atoms with E-state index in [2.05, 4.69) is 16.6 Å². The van der Waals surface area contributed by atoms with Crippen LogP contribution in [0.2, 0.25) is 0 Å². The Kier molecular flexibility index (Phi) is 3.63. The SMILES string of the molecule is CCNC(C)(C=O)Cn1[c]nc(C)c1C. The van der Waals surface area contributed by atoms with Crippen LogP contribution in [-0.2, 0) is 11.3 Å². The Bertz CT molecular complexity index is 346. The number of rotatable bonds is 5. The second kappa shape index (κ2) is 4.57. The predicted octanol–water partition coefficient (Wildman–Crippen LogP) is 0.867. The van der Waals surface area contributed by atoms with Crippen molar-refractivity contribution in [2.24, 2.45) is 0 Å². The quantitative estimate of drug-likeness (QED) is 0.730. The average molecular weight is 208 g/mol. The van der Waals surface area contributed by atoms with E-state index in [4.69, 9.17) is 0 Å². The van der Waals surface area contributed by atoms with Crippen LogP contribution in [0.5, 0.6) is 0 Å². The predicted molar refractivity (Wildman–Crippen MR) is 58.7 cm³/mol. The Morgan fingerprint density at radius 1 is 1.60 bits per heavy atom. The van der Waals surface area contributed by atoms with Crippen molar-refractivity contribution in [3.63, 3.8) is 0 Å². The molecule has 83 valence electrons. The molecule has 0 bridgehead atoms. The summed E-state index contributed by atoms with van der Waals surface area (Å²) in [6.07, 6.45) is 3.83. The normalized spacial score (nSPS) is 14.9. The molecule has 0 aromatic carbocycles. The van der Waals surface area contributed by atoms with Gasteiger partial charge in [0.25, 0.3) is 0 Å². The highest BCUT2D eigenvalue weighted by molar-refractivity contribution is 5.63. The fourth-order valence-electron chi connectivity index (χ4n) is 1.51. The summed E-state index contributed by atoms with van der Waals surface area (Å²) in [5, 5.41) is 3.16. The zero-order chi connectivity index (χ0) is 11.5. The zero-order valence-electron chi connectivity index (χ0n) is 9.79. The molecule has 1 atom stereocenters. The molecule has 0 spiro atoms. The molecule has 1 N–H and O–H groups in total. The van der Waals surface area contributed by atoms with Crippen molar-refractivity contribution in [1.29, 1.82) is 0 Å². The minimum Gasteiger partial charge on any atom is -0.323 e. The third kappa shape index (κ3) is 2.65. The van der Waals surface area contributed by atoms with Gasteiger partial charge in [-0.05, 0) is 27.3 Å². The van der Waals surface area contributed by atoms with Gasteiger partial charge in [-0.3, -0.25) is 0 Å². The highest BCUT2D eigenvalue weighted by Crippen LogP contribution is 2.09. The van der Waals surface area contributed by atoms with Gasteiger partial charge in [0.1, 0.15) is 6.29 Å². The standard InChI is InChI=1S/C11H18N3O/c1-5-13-11(4,7-15)6-14-8-12-9(2)10(14)3/h7,13H,5-6H2,1-4H3.